The van der Waals surface area contributed by atoms with Crippen molar-refractivity contribution >= 4 is 11.7 Å². The number of nitrogens with one attached hydrogen (secondary N) is 2. The van der Waals surface area contributed by atoms with Gasteiger partial charge in [0.2, 0.25) is 0 Å². The predicted octanol–water partition coefficient (Wildman–Crippen LogP) is 3.73. The van der Waals surface area contributed by atoms with Gasteiger partial charge in [0, 0.05) is 11.7 Å². The summed E-state index contributed by atoms with van der Waals surface area (Å²) in [4.78, 5) is 11.5. The lowest BCUT2D eigenvalue weighted by Gasteiger charge is -2.12. The van der Waals surface area contributed by atoms with E-state index in [1.807, 2.05) is 26.0 Å². The lowest BCUT2D eigenvalue weighted by molar-refractivity contribution is 0.250. The third kappa shape index (κ3) is 4.47. The van der Waals surface area contributed by atoms with Gasteiger partial charge in [-0.3, -0.25) is 0 Å². The van der Waals surface area contributed by atoms with Gasteiger partial charge >= 0.3 is 6.03 Å². The second-order valence-electron chi connectivity index (χ2n) is 4.68. The summed E-state index contributed by atoms with van der Waals surface area (Å²) in [5.74, 6) is 0.563. The molecule has 0 aliphatic heterocycles. The van der Waals surface area contributed by atoms with Crippen LogP contribution in [-0.4, -0.2) is 12.1 Å². The molecular weight excluding hydrogens is 212 g/mol. The lowest BCUT2D eigenvalue weighted by atomic mass is 9.99. The Hall–Kier alpha value is -1.51. The average molecular weight is 234 g/mol. The molecular formula is C14H22N2O. The zero-order valence-electron chi connectivity index (χ0n) is 11.1. The molecule has 1 aromatic rings. The van der Waals surface area contributed by atoms with Crippen LogP contribution in [0.4, 0.5) is 10.5 Å². The van der Waals surface area contributed by atoms with Gasteiger partial charge in [0.15, 0.2) is 0 Å². The number of amides is 2. The van der Waals surface area contributed by atoms with E-state index in [4.69, 9.17) is 0 Å². The summed E-state index contributed by atoms with van der Waals surface area (Å²) in [5.41, 5.74) is 2.14. The molecule has 0 spiro atoms. The molecule has 94 valence electrons. The fraction of sp³-hybridized carbons (Fsp3) is 0.500. The van der Waals surface area contributed by atoms with Crippen molar-refractivity contribution in [2.45, 2.75) is 46.1 Å². The molecule has 0 saturated heterocycles. The minimum atomic E-state index is -0.156. The molecule has 0 bridgehead atoms. The van der Waals surface area contributed by atoms with E-state index in [0.29, 0.717) is 5.92 Å². The molecule has 0 heterocycles. The standard InChI is InChI=1S/C14H22N2O/c1-5-11(4)12-6-8-13(9-7-12)16-14(17)15-10(2)3/h6-11H,5H2,1-4H3,(H2,15,16,17)/t11-/m0/s1. The van der Waals surface area contributed by atoms with Crippen LogP contribution in [0.1, 0.15) is 45.6 Å². The third-order valence-corrected chi connectivity index (χ3v) is 2.77. The Bertz CT molecular complexity index is 357. The van der Waals surface area contributed by atoms with Crippen molar-refractivity contribution in [3.8, 4) is 0 Å². The normalized spacial score (nSPS) is 12.3. The molecule has 2 N–H and O–H groups in total. The fourth-order valence-corrected chi connectivity index (χ4v) is 1.56. The highest BCUT2D eigenvalue weighted by Crippen LogP contribution is 2.20. The number of benzene rings is 1. The number of hydrogen-bond acceptors (Lipinski definition) is 1. The highest BCUT2D eigenvalue weighted by molar-refractivity contribution is 5.89. The van der Waals surface area contributed by atoms with E-state index >= 15 is 0 Å². The molecule has 3 heteroatoms. The molecule has 2 amide bonds. The van der Waals surface area contributed by atoms with Crippen LogP contribution >= 0.6 is 0 Å². The summed E-state index contributed by atoms with van der Waals surface area (Å²) in [5, 5.41) is 5.60. The maximum absolute atomic E-state index is 11.5. The van der Waals surface area contributed by atoms with E-state index in [9.17, 15) is 4.79 Å². The van der Waals surface area contributed by atoms with Crippen LogP contribution in [0.5, 0.6) is 0 Å². The van der Waals surface area contributed by atoms with Gasteiger partial charge in [0.05, 0.1) is 0 Å². The van der Waals surface area contributed by atoms with E-state index in [-0.39, 0.29) is 12.1 Å². The maximum Gasteiger partial charge on any atom is 0.319 e. The molecule has 0 unspecified atom stereocenters. The Morgan fingerprint density at radius 1 is 1.18 bits per heavy atom. The molecule has 0 radical (unpaired) electrons. The topological polar surface area (TPSA) is 41.1 Å². The van der Waals surface area contributed by atoms with Crippen LogP contribution in [0.3, 0.4) is 0 Å². The molecule has 17 heavy (non-hydrogen) atoms. The van der Waals surface area contributed by atoms with Gasteiger partial charge in [-0.2, -0.15) is 0 Å². The van der Waals surface area contributed by atoms with Crippen LogP contribution in [-0.2, 0) is 0 Å². The summed E-state index contributed by atoms with van der Waals surface area (Å²) in [7, 11) is 0. The highest BCUT2D eigenvalue weighted by Gasteiger charge is 2.05. The number of rotatable bonds is 4. The Morgan fingerprint density at radius 2 is 1.76 bits per heavy atom. The molecule has 1 atom stereocenters. The van der Waals surface area contributed by atoms with Gasteiger partial charge in [0.25, 0.3) is 0 Å². The van der Waals surface area contributed by atoms with E-state index in [2.05, 4.69) is 36.6 Å². The Balaban J connectivity index is 2.59. The molecule has 1 aromatic carbocycles. The van der Waals surface area contributed by atoms with Crippen LogP contribution < -0.4 is 10.6 Å². The number of carbonyl (C=O) groups is 1. The average Bonchev–Trinajstić information content (AvgIpc) is 2.28. The second kappa shape index (κ2) is 6.28. The zero-order valence-corrected chi connectivity index (χ0v) is 11.1. The molecule has 1 rings (SSSR count). The van der Waals surface area contributed by atoms with Crippen molar-refractivity contribution < 1.29 is 4.79 Å². The highest BCUT2D eigenvalue weighted by atomic mass is 16.2. The Kier molecular flexibility index (Phi) is 5.01. The van der Waals surface area contributed by atoms with Crippen LogP contribution in [0.15, 0.2) is 24.3 Å². The van der Waals surface area contributed by atoms with Gasteiger partial charge in [-0.15, -0.1) is 0 Å². The van der Waals surface area contributed by atoms with Gasteiger partial charge < -0.3 is 10.6 Å². The Labute approximate surface area is 104 Å². The van der Waals surface area contributed by atoms with E-state index in [1.165, 1.54) is 5.56 Å². The number of urea groups is 1. The van der Waals surface area contributed by atoms with E-state index < -0.39 is 0 Å². The first-order valence-corrected chi connectivity index (χ1v) is 6.20. The summed E-state index contributed by atoms with van der Waals surface area (Å²) >= 11 is 0. The number of carbonyl (C=O) groups excluding carboxylic acids is 1. The van der Waals surface area contributed by atoms with E-state index in [1.54, 1.807) is 0 Å². The largest absolute Gasteiger partial charge is 0.336 e. The van der Waals surface area contributed by atoms with Crippen molar-refractivity contribution in [2.24, 2.45) is 0 Å². The molecule has 0 fully saturated rings. The van der Waals surface area contributed by atoms with Crippen molar-refractivity contribution in [3.05, 3.63) is 29.8 Å². The van der Waals surface area contributed by atoms with Gasteiger partial charge in [0.1, 0.15) is 0 Å². The smallest absolute Gasteiger partial charge is 0.319 e. The van der Waals surface area contributed by atoms with E-state index in [0.717, 1.165) is 12.1 Å². The quantitative estimate of drug-likeness (QED) is 0.818. The zero-order chi connectivity index (χ0) is 12.8. The first kappa shape index (κ1) is 13.6. The first-order valence-electron chi connectivity index (χ1n) is 6.20. The Morgan fingerprint density at radius 3 is 2.24 bits per heavy atom. The maximum atomic E-state index is 11.5. The lowest BCUT2D eigenvalue weighted by Crippen LogP contribution is -2.34. The number of hydrogen-bond donors (Lipinski definition) is 2. The van der Waals surface area contributed by atoms with Crippen LogP contribution in [0, 0.1) is 0 Å². The van der Waals surface area contributed by atoms with Crippen LogP contribution in [0.25, 0.3) is 0 Å². The van der Waals surface area contributed by atoms with Gasteiger partial charge in [-0.25, -0.2) is 4.79 Å². The van der Waals surface area contributed by atoms with Crippen LogP contribution in [0.2, 0.25) is 0 Å². The predicted molar refractivity (Wildman–Crippen MR) is 72.4 cm³/mol. The molecule has 0 aromatic heterocycles. The second-order valence-corrected chi connectivity index (χ2v) is 4.68. The molecule has 0 saturated carbocycles. The minimum Gasteiger partial charge on any atom is -0.336 e. The summed E-state index contributed by atoms with van der Waals surface area (Å²) in [6.45, 7) is 8.25. The van der Waals surface area contributed by atoms with Gasteiger partial charge in [-0.1, -0.05) is 26.0 Å². The monoisotopic (exact) mass is 234 g/mol. The fourth-order valence-electron chi connectivity index (χ4n) is 1.56. The minimum absolute atomic E-state index is 0.148. The van der Waals surface area contributed by atoms with Crippen molar-refractivity contribution in [1.29, 1.82) is 0 Å². The third-order valence-electron chi connectivity index (χ3n) is 2.77. The molecule has 3 nitrogen and oxygen atoms in total. The first-order chi connectivity index (χ1) is 8.02. The summed E-state index contributed by atoms with van der Waals surface area (Å²) < 4.78 is 0. The van der Waals surface area contributed by atoms with Gasteiger partial charge in [-0.05, 0) is 43.9 Å². The molecule has 0 aliphatic rings. The van der Waals surface area contributed by atoms with Crippen molar-refractivity contribution in [1.82, 2.24) is 5.32 Å². The summed E-state index contributed by atoms with van der Waals surface area (Å²) in [6, 6.07) is 8.02. The van der Waals surface area contributed by atoms with Crippen molar-refractivity contribution in [2.75, 3.05) is 5.32 Å². The number of anilines is 1. The summed E-state index contributed by atoms with van der Waals surface area (Å²) in [6.07, 6.45) is 1.13. The molecule has 0 aliphatic carbocycles. The van der Waals surface area contributed by atoms with Crippen molar-refractivity contribution in [3.63, 3.8) is 0 Å². The SMILES string of the molecule is CC[C@H](C)c1ccc(NC(=O)NC(C)C)cc1.